The molecule has 0 aromatic carbocycles. The van der Waals surface area contributed by atoms with E-state index in [0.717, 1.165) is 19.6 Å². The van der Waals surface area contributed by atoms with Crippen LogP contribution in [0.15, 0.2) is 0 Å². The lowest BCUT2D eigenvalue weighted by molar-refractivity contribution is 0.192. The molecule has 0 saturated carbocycles. The van der Waals surface area contributed by atoms with Crippen molar-refractivity contribution in [2.45, 2.75) is 26.3 Å². The smallest absolute Gasteiger partial charge is 0.0947 e. The highest BCUT2D eigenvalue weighted by Crippen LogP contribution is 2.10. The summed E-state index contributed by atoms with van der Waals surface area (Å²) < 4.78 is 0. The van der Waals surface area contributed by atoms with Crippen LogP contribution in [0.5, 0.6) is 0 Å². The fraction of sp³-hybridized carbons (Fsp3) is 0.909. The van der Waals surface area contributed by atoms with Crippen molar-refractivity contribution in [3.8, 4) is 0 Å². The summed E-state index contributed by atoms with van der Waals surface area (Å²) >= 11 is 0. The first kappa shape index (κ1) is 12.5. The van der Waals surface area contributed by atoms with Gasteiger partial charge in [-0.15, -0.1) is 0 Å². The monoisotopic (exact) mass is 212 g/mol. The first-order valence-corrected chi connectivity index (χ1v) is 5.77. The molecule has 15 heavy (non-hydrogen) atoms. The molecule has 1 saturated heterocycles. The molecule has 0 aromatic heterocycles. The van der Waals surface area contributed by atoms with Crippen molar-refractivity contribution in [1.82, 2.24) is 9.80 Å². The van der Waals surface area contributed by atoms with Gasteiger partial charge in [0.25, 0.3) is 0 Å². The average molecular weight is 212 g/mol. The Hall–Kier alpha value is -0.610. The van der Waals surface area contributed by atoms with E-state index in [1.807, 2.05) is 6.92 Å². The summed E-state index contributed by atoms with van der Waals surface area (Å²) in [5.41, 5.74) is 5.51. The van der Waals surface area contributed by atoms with Crippen LogP contribution in [0.4, 0.5) is 0 Å². The molecular formula is C11H24N4. The number of nitrogens with zero attached hydrogens (tertiary/aromatic N) is 2. The second kappa shape index (κ2) is 5.47. The predicted molar refractivity (Wildman–Crippen MR) is 64.2 cm³/mol. The summed E-state index contributed by atoms with van der Waals surface area (Å²) in [6, 6.07) is 0.569. The molecule has 0 bridgehead atoms. The minimum atomic E-state index is 0.177. The summed E-state index contributed by atoms with van der Waals surface area (Å²) in [7, 11) is 2.18. The molecule has 4 nitrogen and oxygen atoms in total. The lowest BCUT2D eigenvalue weighted by Gasteiger charge is -2.29. The van der Waals surface area contributed by atoms with Crippen LogP contribution in [-0.4, -0.2) is 54.9 Å². The van der Waals surface area contributed by atoms with Crippen LogP contribution < -0.4 is 5.73 Å². The van der Waals surface area contributed by atoms with E-state index >= 15 is 0 Å². The SMILES string of the molecule is CC(CN1CCCN(C)CC1C)C(=N)N. The first-order chi connectivity index (χ1) is 7.00. The number of amidine groups is 1. The molecule has 0 aliphatic carbocycles. The fourth-order valence-corrected chi connectivity index (χ4v) is 2.14. The summed E-state index contributed by atoms with van der Waals surface area (Å²) in [4.78, 5) is 4.83. The topological polar surface area (TPSA) is 56.4 Å². The number of rotatable bonds is 3. The lowest BCUT2D eigenvalue weighted by Crippen LogP contribution is -2.42. The molecule has 4 heteroatoms. The lowest BCUT2D eigenvalue weighted by atomic mass is 10.1. The van der Waals surface area contributed by atoms with Crippen molar-refractivity contribution in [2.24, 2.45) is 11.7 Å². The van der Waals surface area contributed by atoms with Gasteiger partial charge in [0, 0.05) is 25.0 Å². The molecule has 1 aliphatic heterocycles. The molecule has 1 aliphatic rings. The van der Waals surface area contributed by atoms with Gasteiger partial charge in [-0.25, -0.2) is 0 Å². The van der Waals surface area contributed by atoms with E-state index in [0.29, 0.717) is 11.9 Å². The maximum absolute atomic E-state index is 7.42. The molecule has 0 amide bonds. The summed E-state index contributed by atoms with van der Waals surface area (Å²) in [6.07, 6.45) is 1.21. The van der Waals surface area contributed by atoms with Gasteiger partial charge in [-0.3, -0.25) is 10.3 Å². The molecule has 1 fully saturated rings. The Morgan fingerprint density at radius 2 is 2.20 bits per heavy atom. The van der Waals surface area contributed by atoms with E-state index in [1.54, 1.807) is 0 Å². The third-order valence-electron chi connectivity index (χ3n) is 3.22. The Labute approximate surface area is 92.9 Å². The second-order valence-electron chi connectivity index (χ2n) is 4.82. The van der Waals surface area contributed by atoms with Crippen LogP contribution in [0, 0.1) is 11.3 Å². The van der Waals surface area contributed by atoms with Gasteiger partial charge < -0.3 is 10.6 Å². The number of nitrogens with two attached hydrogens (primary N) is 1. The van der Waals surface area contributed by atoms with Crippen molar-refractivity contribution in [1.29, 1.82) is 5.41 Å². The Morgan fingerprint density at radius 3 is 2.80 bits per heavy atom. The maximum atomic E-state index is 7.42. The van der Waals surface area contributed by atoms with E-state index in [9.17, 15) is 0 Å². The average Bonchev–Trinajstić information content (AvgIpc) is 2.28. The molecular weight excluding hydrogens is 188 g/mol. The zero-order valence-electron chi connectivity index (χ0n) is 10.2. The molecule has 0 radical (unpaired) electrons. The van der Waals surface area contributed by atoms with Crippen LogP contribution in [0.2, 0.25) is 0 Å². The highest BCUT2D eigenvalue weighted by atomic mass is 15.2. The highest BCUT2D eigenvalue weighted by molar-refractivity contribution is 5.79. The molecule has 0 aromatic rings. The Morgan fingerprint density at radius 1 is 1.53 bits per heavy atom. The van der Waals surface area contributed by atoms with Crippen molar-refractivity contribution >= 4 is 5.84 Å². The molecule has 1 rings (SSSR count). The summed E-state index contributed by atoms with van der Waals surface area (Å²) in [6.45, 7) is 8.63. The highest BCUT2D eigenvalue weighted by Gasteiger charge is 2.21. The van der Waals surface area contributed by atoms with E-state index in [2.05, 4.69) is 23.8 Å². The molecule has 1 heterocycles. The second-order valence-corrected chi connectivity index (χ2v) is 4.82. The van der Waals surface area contributed by atoms with E-state index in [4.69, 9.17) is 11.1 Å². The van der Waals surface area contributed by atoms with Crippen molar-refractivity contribution in [3.63, 3.8) is 0 Å². The van der Waals surface area contributed by atoms with Crippen LogP contribution >= 0.6 is 0 Å². The molecule has 2 atom stereocenters. The van der Waals surface area contributed by atoms with Gasteiger partial charge >= 0.3 is 0 Å². The predicted octanol–water partition coefficient (Wildman–Crippen LogP) is 0.584. The van der Waals surface area contributed by atoms with Gasteiger partial charge in [0.15, 0.2) is 0 Å². The Balaban J connectivity index is 2.49. The minimum absolute atomic E-state index is 0.177. The normalized spacial score (nSPS) is 27.3. The van der Waals surface area contributed by atoms with Crippen LogP contribution in [0.3, 0.4) is 0 Å². The summed E-state index contributed by atoms with van der Waals surface area (Å²) in [5, 5.41) is 7.42. The van der Waals surface area contributed by atoms with E-state index in [-0.39, 0.29) is 5.92 Å². The maximum Gasteiger partial charge on any atom is 0.0947 e. The third kappa shape index (κ3) is 3.80. The van der Waals surface area contributed by atoms with Crippen LogP contribution in [0.1, 0.15) is 20.3 Å². The number of hydrogen-bond acceptors (Lipinski definition) is 3. The van der Waals surface area contributed by atoms with Crippen LogP contribution in [-0.2, 0) is 0 Å². The quantitative estimate of drug-likeness (QED) is 0.531. The standard InChI is InChI=1S/C11H24N4/c1-9(11(12)13)7-15-6-4-5-14(3)8-10(15)2/h9-10H,4-8H2,1-3H3,(H3,12,13). The Bertz CT molecular complexity index is 217. The fourth-order valence-electron chi connectivity index (χ4n) is 2.14. The van der Waals surface area contributed by atoms with Gasteiger partial charge in [-0.2, -0.15) is 0 Å². The molecule has 0 spiro atoms. The largest absolute Gasteiger partial charge is 0.387 e. The Kier molecular flexibility index (Phi) is 4.54. The van der Waals surface area contributed by atoms with Crippen LogP contribution in [0.25, 0.3) is 0 Å². The molecule has 88 valence electrons. The first-order valence-electron chi connectivity index (χ1n) is 5.77. The van der Waals surface area contributed by atoms with Crippen molar-refractivity contribution in [3.05, 3.63) is 0 Å². The number of hydrogen-bond donors (Lipinski definition) is 2. The van der Waals surface area contributed by atoms with Crippen molar-refractivity contribution < 1.29 is 0 Å². The van der Waals surface area contributed by atoms with Gasteiger partial charge in [0.1, 0.15) is 0 Å². The van der Waals surface area contributed by atoms with Gasteiger partial charge in [0.2, 0.25) is 0 Å². The molecule has 2 unspecified atom stereocenters. The minimum Gasteiger partial charge on any atom is -0.387 e. The zero-order chi connectivity index (χ0) is 11.4. The summed E-state index contributed by atoms with van der Waals surface area (Å²) in [5.74, 6) is 0.482. The number of nitrogens with one attached hydrogen (secondary N) is 1. The van der Waals surface area contributed by atoms with E-state index < -0.39 is 0 Å². The third-order valence-corrected chi connectivity index (χ3v) is 3.22. The van der Waals surface area contributed by atoms with E-state index in [1.165, 1.54) is 13.0 Å². The molecule has 3 N–H and O–H groups in total. The number of likely N-dealkylation sites (N-methyl/N-ethyl adjacent to an activating group) is 1. The van der Waals surface area contributed by atoms with Gasteiger partial charge in [-0.05, 0) is 33.5 Å². The van der Waals surface area contributed by atoms with Crippen molar-refractivity contribution in [2.75, 3.05) is 33.2 Å². The zero-order valence-corrected chi connectivity index (χ0v) is 10.2. The van der Waals surface area contributed by atoms with Gasteiger partial charge in [0.05, 0.1) is 5.84 Å². The van der Waals surface area contributed by atoms with Gasteiger partial charge in [-0.1, -0.05) is 6.92 Å².